The first kappa shape index (κ1) is 13.3. The van der Waals surface area contributed by atoms with Crippen molar-refractivity contribution in [1.29, 1.82) is 0 Å². The molecule has 4 heteroatoms. The predicted octanol–water partition coefficient (Wildman–Crippen LogP) is 3.51. The number of nitrogens with zero attached hydrogens (tertiary/aromatic N) is 2. The van der Waals surface area contributed by atoms with Crippen LogP contribution in [0.3, 0.4) is 0 Å². The summed E-state index contributed by atoms with van der Waals surface area (Å²) in [5.74, 6) is 0. The van der Waals surface area contributed by atoms with Gasteiger partial charge in [-0.25, -0.2) is 4.98 Å². The van der Waals surface area contributed by atoms with Gasteiger partial charge >= 0.3 is 0 Å². The maximum absolute atomic E-state index is 4.52. The smallest absolute Gasteiger partial charge is 0.110 e. The van der Waals surface area contributed by atoms with Crippen LogP contribution >= 0.6 is 11.3 Å². The van der Waals surface area contributed by atoms with Crippen molar-refractivity contribution in [3.05, 3.63) is 40.1 Å². The normalized spacial score (nSPS) is 12.8. The molecule has 0 saturated carbocycles. The first-order chi connectivity index (χ1) is 8.70. The third-order valence-corrected chi connectivity index (χ3v) is 4.13. The molecule has 0 amide bonds. The highest BCUT2D eigenvalue weighted by Crippen LogP contribution is 2.18. The van der Waals surface area contributed by atoms with Gasteiger partial charge in [0.05, 0.1) is 6.04 Å². The molecular formula is C14H21N3S. The number of hydrogen-bond acceptors (Lipinski definition) is 3. The SMILES string of the molecule is CCCn1cccc1CNC(C)c1nc(C)cs1. The van der Waals surface area contributed by atoms with Gasteiger partial charge in [0, 0.05) is 36.1 Å². The van der Waals surface area contributed by atoms with E-state index in [9.17, 15) is 0 Å². The first-order valence-electron chi connectivity index (χ1n) is 6.50. The van der Waals surface area contributed by atoms with E-state index in [-0.39, 0.29) is 0 Å². The first-order valence-corrected chi connectivity index (χ1v) is 7.38. The molecule has 2 aromatic rings. The minimum atomic E-state index is 0.314. The fraction of sp³-hybridized carbons (Fsp3) is 0.500. The summed E-state index contributed by atoms with van der Waals surface area (Å²) in [5.41, 5.74) is 2.45. The molecule has 2 aromatic heterocycles. The summed E-state index contributed by atoms with van der Waals surface area (Å²) in [4.78, 5) is 4.52. The summed E-state index contributed by atoms with van der Waals surface area (Å²) in [7, 11) is 0. The molecule has 0 aliphatic heterocycles. The molecule has 0 aromatic carbocycles. The maximum Gasteiger partial charge on any atom is 0.110 e. The lowest BCUT2D eigenvalue weighted by Crippen LogP contribution is -2.20. The third-order valence-electron chi connectivity index (χ3n) is 2.98. The van der Waals surface area contributed by atoms with E-state index in [0.717, 1.165) is 18.8 Å². The Hall–Kier alpha value is -1.13. The predicted molar refractivity (Wildman–Crippen MR) is 76.8 cm³/mol. The van der Waals surface area contributed by atoms with Crippen LogP contribution in [0.1, 0.15) is 42.7 Å². The number of aryl methyl sites for hydroxylation is 2. The molecule has 98 valence electrons. The molecule has 0 fully saturated rings. The van der Waals surface area contributed by atoms with Gasteiger partial charge in [-0.15, -0.1) is 11.3 Å². The molecule has 0 aliphatic carbocycles. The largest absolute Gasteiger partial charge is 0.350 e. The molecule has 0 saturated heterocycles. The van der Waals surface area contributed by atoms with Crippen LogP contribution in [0.5, 0.6) is 0 Å². The molecular weight excluding hydrogens is 242 g/mol. The Morgan fingerprint density at radius 2 is 2.33 bits per heavy atom. The van der Waals surface area contributed by atoms with E-state index in [0.29, 0.717) is 6.04 Å². The van der Waals surface area contributed by atoms with E-state index in [4.69, 9.17) is 0 Å². The van der Waals surface area contributed by atoms with Crippen LogP contribution in [0, 0.1) is 6.92 Å². The summed E-state index contributed by atoms with van der Waals surface area (Å²) >= 11 is 1.73. The van der Waals surface area contributed by atoms with Crippen LogP contribution in [0.25, 0.3) is 0 Å². The standard InChI is InChI=1S/C14H21N3S/c1-4-7-17-8-5-6-13(17)9-15-12(3)14-16-11(2)10-18-14/h5-6,8,10,12,15H,4,7,9H2,1-3H3. The molecule has 18 heavy (non-hydrogen) atoms. The van der Waals surface area contributed by atoms with Crippen molar-refractivity contribution in [3.8, 4) is 0 Å². The van der Waals surface area contributed by atoms with E-state index in [1.165, 1.54) is 17.1 Å². The topological polar surface area (TPSA) is 29.9 Å². The second-order valence-electron chi connectivity index (χ2n) is 4.62. The zero-order valence-corrected chi connectivity index (χ0v) is 12.1. The number of thiazole rings is 1. The molecule has 2 rings (SSSR count). The highest BCUT2D eigenvalue weighted by molar-refractivity contribution is 7.09. The van der Waals surface area contributed by atoms with Crippen molar-refractivity contribution in [2.75, 3.05) is 0 Å². The Morgan fingerprint density at radius 1 is 1.50 bits per heavy atom. The van der Waals surface area contributed by atoms with E-state index >= 15 is 0 Å². The molecule has 3 nitrogen and oxygen atoms in total. The summed E-state index contributed by atoms with van der Waals surface area (Å²) < 4.78 is 2.31. The van der Waals surface area contributed by atoms with Gasteiger partial charge in [0.15, 0.2) is 0 Å². The van der Waals surface area contributed by atoms with E-state index in [2.05, 4.69) is 52.4 Å². The van der Waals surface area contributed by atoms with Gasteiger partial charge in [0.2, 0.25) is 0 Å². The monoisotopic (exact) mass is 263 g/mol. The van der Waals surface area contributed by atoms with E-state index < -0.39 is 0 Å². The second-order valence-corrected chi connectivity index (χ2v) is 5.51. The summed E-state index contributed by atoms with van der Waals surface area (Å²) in [6, 6.07) is 4.61. The lowest BCUT2D eigenvalue weighted by atomic mass is 10.3. The third kappa shape index (κ3) is 3.21. The zero-order chi connectivity index (χ0) is 13.0. The molecule has 0 radical (unpaired) electrons. The number of rotatable bonds is 6. The average molecular weight is 263 g/mol. The highest BCUT2D eigenvalue weighted by Gasteiger charge is 2.09. The highest BCUT2D eigenvalue weighted by atomic mass is 32.1. The summed E-state index contributed by atoms with van der Waals surface area (Å²) in [5, 5.41) is 6.81. The Morgan fingerprint density at radius 3 is 3.00 bits per heavy atom. The van der Waals surface area contributed by atoms with Gasteiger partial charge in [-0.2, -0.15) is 0 Å². The fourth-order valence-electron chi connectivity index (χ4n) is 1.99. The minimum Gasteiger partial charge on any atom is -0.350 e. The zero-order valence-electron chi connectivity index (χ0n) is 11.3. The Bertz CT molecular complexity index is 487. The molecule has 0 bridgehead atoms. The van der Waals surface area contributed by atoms with Gasteiger partial charge in [-0.1, -0.05) is 6.92 Å². The molecule has 0 aliphatic rings. The lowest BCUT2D eigenvalue weighted by molar-refractivity contribution is 0.539. The van der Waals surface area contributed by atoms with Crippen molar-refractivity contribution >= 4 is 11.3 Å². The van der Waals surface area contributed by atoms with Crippen molar-refractivity contribution < 1.29 is 0 Å². The van der Waals surface area contributed by atoms with E-state index in [1.807, 2.05) is 6.92 Å². The maximum atomic E-state index is 4.52. The van der Waals surface area contributed by atoms with Gasteiger partial charge < -0.3 is 9.88 Å². The van der Waals surface area contributed by atoms with Gasteiger partial charge in [-0.05, 0) is 32.4 Å². The van der Waals surface area contributed by atoms with Gasteiger partial charge in [0.1, 0.15) is 5.01 Å². The second kappa shape index (κ2) is 6.16. The Labute approximate surface area is 113 Å². The number of hydrogen-bond donors (Lipinski definition) is 1. The van der Waals surface area contributed by atoms with Crippen LogP contribution in [0.15, 0.2) is 23.7 Å². The van der Waals surface area contributed by atoms with Crippen LogP contribution in [0.2, 0.25) is 0 Å². The van der Waals surface area contributed by atoms with Crippen LogP contribution in [-0.4, -0.2) is 9.55 Å². The number of aromatic nitrogens is 2. The van der Waals surface area contributed by atoms with Gasteiger partial charge in [0.25, 0.3) is 0 Å². The quantitative estimate of drug-likeness (QED) is 0.864. The van der Waals surface area contributed by atoms with Crippen molar-refractivity contribution in [2.24, 2.45) is 0 Å². The lowest BCUT2D eigenvalue weighted by Gasteiger charge is -2.13. The van der Waals surface area contributed by atoms with Gasteiger partial charge in [-0.3, -0.25) is 0 Å². The minimum absolute atomic E-state index is 0.314. The molecule has 0 spiro atoms. The molecule has 1 N–H and O–H groups in total. The molecule has 1 unspecified atom stereocenters. The van der Waals surface area contributed by atoms with Crippen molar-refractivity contribution in [3.63, 3.8) is 0 Å². The average Bonchev–Trinajstić information content (AvgIpc) is 2.96. The van der Waals surface area contributed by atoms with Crippen molar-refractivity contribution in [1.82, 2.24) is 14.9 Å². The molecule has 1 atom stereocenters. The van der Waals surface area contributed by atoms with E-state index in [1.54, 1.807) is 11.3 Å². The molecule has 2 heterocycles. The van der Waals surface area contributed by atoms with Crippen LogP contribution < -0.4 is 5.32 Å². The number of nitrogens with one attached hydrogen (secondary N) is 1. The summed E-state index contributed by atoms with van der Waals surface area (Å²) in [6.45, 7) is 8.41. The fourth-order valence-corrected chi connectivity index (χ4v) is 2.81. The van der Waals surface area contributed by atoms with Crippen molar-refractivity contribution in [2.45, 2.75) is 46.3 Å². The van der Waals surface area contributed by atoms with Crippen LogP contribution in [0.4, 0.5) is 0 Å². The summed E-state index contributed by atoms with van der Waals surface area (Å²) in [6.07, 6.45) is 3.32. The Balaban J connectivity index is 1.92. The van der Waals surface area contributed by atoms with Crippen LogP contribution in [-0.2, 0) is 13.1 Å². The Kier molecular flexibility index (Phi) is 4.55.